The van der Waals surface area contributed by atoms with Gasteiger partial charge in [-0.15, -0.1) is 0 Å². The van der Waals surface area contributed by atoms with Crippen molar-refractivity contribution in [3.05, 3.63) is 0 Å². The van der Waals surface area contributed by atoms with E-state index in [1.807, 2.05) is 0 Å². The number of amides is 1. The Morgan fingerprint density at radius 2 is 2.38 bits per heavy atom. The third kappa shape index (κ3) is 3.71. The number of rotatable bonds is 4. The second-order valence-electron chi connectivity index (χ2n) is 2.88. The molecule has 0 saturated carbocycles. The second kappa shape index (κ2) is 5.90. The molecule has 0 bridgehead atoms. The summed E-state index contributed by atoms with van der Waals surface area (Å²) in [7, 11) is 0. The van der Waals surface area contributed by atoms with Crippen molar-refractivity contribution in [2.45, 2.75) is 12.8 Å². The molecule has 1 heterocycles. The SMILES string of the molecule is NCCOCC(=O)N1CCCCO1. The fourth-order valence-electron chi connectivity index (χ4n) is 1.11. The van der Waals surface area contributed by atoms with Gasteiger partial charge in [-0.05, 0) is 12.8 Å². The van der Waals surface area contributed by atoms with Gasteiger partial charge in [0.2, 0.25) is 0 Å². The highest BCUT2D eigenvalue weighted by atomic mass is 16.7. The first-order valence-corrected chi connectivity index (χ1v) is 4.55. The summed E-state index contributed by atoms with van der Waals surface area (Å²) in [5, 5.41) is 1.38. The topological polar surface area (TPSA) is 64.8 Å². The fourth-order valence-corrected chi connectivity index (χ4v) is 1.11. The van der Waals surface area contributed by atoms with Crippen LogP contribution in [0.25, 0.3) is 0 Å². The van der Waals surface area contributed by atoms with Crippen molar-refractivity contribution in [2.24, 2.45) is 5.73 Å². The van der Waals surface area contributed by atoms with Crippen LogP contribution in [0.4, 0.5) is 0 Å². The molecule has 0 aromatic carbocycles. The Hall–Kier alpha value is -0.650. The summed E-state index contributed by atoms with van der Waals surface area (Å²) >= 11 is 0. The molecule has 0 aromatic heterocycles. The van der Waals surface area contributed by atoms with Crippen LogP contribution < -0.4 is 5.73 Å². The van der Waals surface area contributed by atoms with E-state index in [0.717, 1.165) is 12.8 Å². The quantitative estimate of drug-likeness (QED) is 0.605. The lowest BCUT2D eigenvalue weighted by atomic mass is 10.3. The van der Waals surface area contributed by atoms with Gasteiger partial charge in [0.25, 0.3) is 5.91 Å². The Morgan fingerprint density at radius 3 is 3.00 bits per heavy atom. The molecular formula is C8H16N2O3. The molecule has 2 N–H and O–H groups in total. The van der Waals surface area contributed by atoms with Gasteiger partial charge >= 0.3 is 0 Å². The van der Waals surface area contributed by atoms with Gasteiger partial charge in [-0.3, -0.25) is 9.63 Å². The molecule has 1 amide bonds. The van der Waals surface area contributed by atoms with Gasteiger partial charge in [0.15, 0.2) is 0 Å². The molecule has 1 aliphatic rings. The zero-order valence-corrected chi connectivity index (χ0v) is 7.70. The lowest BCUT2D eigenvalue weighted by Gasteiger charge is -2.25. The molecule has 0 unspecified atom stereocenters. The predicted octanol–water partition coefficient (Wildman–Crippen LogP) is -0.484. The Balaban J connectivity index is 2.13. The minimum Gasteiger partial charge on any atom is -0.370 e. The fraction of sp³-hybridized carbons (Fsp3) is 0.875. The zero-order valence-electron chi connectivity index (χ0n) is 7.70. The van der Waals surface area contributed by atoms with E-state index in [-0.39, 0.29) is 12.5 Å². The van der Waals surface area contributed by atoms with E-state index in [1.54, 1.807) is 0 Å². The number of nitrogens with zero attached hydrogens (tertiary/aromatic N) is 1. The van der Waals surface area contributed by atoms with Crippen molar-refractivity contribution in [3.63, 3.8) is 0 Å². The third-order valence-electron chi connectivity index (χ3n) is 1.77. The molecule has 0 aliphatic carbocycles. The van der Waals surface area contributed by atoms with Gasteiger partial charge in [0, 0.05) is 13.1 Å². The van der Waals surface area contributed by atoms with Crippen molar-refractivity contribution >= 4 is 5.91 Å². The van der Waals surface area contributed by atoms with Crippen LogP contribution in [0.3, 0.4) is 0 Å². The minimum atomic E-state index is -0.117. The number of carbonyl (C=O) groups is 1. The highest BCUT2D eigenvalue weighted by molar-refractivity contribution is 5.76. The van der Waals surface area contributed by atoms with Gasteiger partial charge in [-0.1, -0.05) is 0 Å². The third-order valence-corrected chi connectivity index (χ3v) is 1.77. The van der Waals surface area contributed by atoms with Crippen molar-refractivity contribution in [3.8, 4) is 0 Å². The molecule has 76 valence electrons. The monoisotopic (exact) mass is 188 g/mol. The van der Waals surface area contributed by atoms with Crippen molar-refractivity contribution in [2.75, 3.05) is 32.9 Å². The summed E-state index contributed by atoms with van der Waals surface area (Å²) in [6.07, 6.45) is 2.02. The smallest absolute Gasteiger partial charge is 0.272 e. The van der Waals surface area contributed by atoms with E-state index in [0.29, 0.717) is 26.3 Å². The molecule has 1 rings (SSSR count). The lowest BCUT2D eigenvalue weighted by Crippen LogP contribution is -2.38. The Bertz CT molecular complexity index is 157. The minimum absolute atomic E-state index is 0.0667. The van der Waals surface area contributed by atoms with Crippen LogP contribution >= 0.6 is 0 Å². The number of ether oxygens (including phenoxy) is 1. The molecule has 0 radical (unpaired) electrons. The second-order valence-corrected chi connectivity index (χ2v) is 2.88. The summed E-state index contributed by atoms with van der Waals surface area (Å²) in [6, 6.07) is 0. The molecule has 13 heavy (non-hydrogen) atoms. The summed E-state index contributed by atoms with van der Waals surface area (Å²) in [6.45, 7) is 2.22. The highest BCUT2D eigenvalue weighted by Gasteiger charge is 2.17. The normalized spacial score (nSPS) is 17.5. The van der Waals surface area contributed by atoms with Crippen LogP contribution in [0.2, 0.25) is 0 Å². The Morgan fingerprint density at radius 1 is 1.54 bits per heavy atom. The first kappa shape index (κ1) is 10.4. The maximum absolute atomic E-state index is 11.3. The highest BCUT2D eigenvalue weighted by Crippen LogP contribution is 2.05. The van der Waals surface area contributed by atoms with Gasteiger partial charge in [-0.25, -0.2) is 5.06 Å². The van der Waals surface area contributed by atoms with E-state index in [2.05, 4.69) is 0 Å². The molecule has 0 atom stereocenters. The average molecular weight is 188 g/mol. The zero-order chi connectivity index (χ0) is 9.52. The Labute approximate surface area is 77.7 Å². The van der Waals surface area contributed by atoms with Gasteiger partial charge in [-0.2, -0.15) is 0 Å². The first-order chi connectivity index (χ1) is 6.34. The largest absolute Gasteiger partial charge is 0.370 e. The van der Waals surface area contributed by atoms with Crippen LogP contribution in [-0.4, -0.2) is 43.9 Å². The van der Waals surface area contributed by atoms with Crippen molar-refractivity contribution in [1.29, 1.82) is 0 Å². The molecule has 1 aliphatic heterocycles. The maximum atomic E-state index is 11.3. The van der Waals surface area contributed by atoms with Crippen LogP contribution in [0.1, 0.15) is 12.8 Å². The summed E-state index contributed by atoms with van der Waals surface area (Å²) in [5.74, 6) is -0.117. The van der Waals surface area contributed by atoms with E-state index < -0.39 is 0 Å². The number of nitrogens with two attached hydrogens (primary N) is 1. The molecule has 1 fully saturated rings. The van der Waals surface area contributed by atoms with Crippen LogP contribution in [0, 0.1) is 0 Å². The molecule has 0 aromatic rings. The van der Waals surface area contributed by atoms with Crippen LogP contribution in [-0.2, 0) is 14.4 Å². The summed E-state index contributed by atoms with van der Waals surface area (Å²) in [5.41, 5.74) is 5.21. The van der Waals surface area contributed by atoms with Crippen molar-refractivity contribution < 1.29 is 14.4 Å². The van der Waals surface area contributed by atoms with Crippen molar-refractivity contribution in [1.82, 2.24) is 5.06 Å². The number of carbonyl (C=O) groups excluding carboxylic acids is 1. The van der Waals surface area contributed by atoms with Gasteiger partial charge < -0.3 is 10.5 Å². The van der Waals surface area contributed by atoms with Gasteiger partial charge in [0.05, 0.1) is 13.2 Å². The predicted molar refractivity (Wildman–Crippen MR) is 46.8 cm³/mol. The summed E-state index contributed by atoms with van der Waals surface area (Å²) < 4.78 is 5.00. The van der Waals surface area contributed by atoms with E-state index >= 15 is 0 Å². The van der Waals surface area contributed by atoms with E-state index in [1.165, 1.54) is 5.06 Å². The molecular weight excluding hydrogens is 172 g/mol. The average Bonchev–Trinajstić information content (AvgIpc) is 2.19. The first-order valence-electron chi connectivity index (χ1n) is 4.55. The van der Waals surface area contributed by atoms with Gasteiger partial charge in [0.1, 0.15) is 6.61 Å². The number of hydrogen-bond donors (Lipinski definition) is 1. The lowest BCUT2D eigenvalue weighted by molar-refractivity contribution is -0.200. The standard InChI is InChI=1S/C8H16N2O3/c9-3-6-12-7-8(11)10-4-1-2-5-13-10/h1-7,9H2. The van der Waals surface area contributed by atoms with Crippen LogP contribution in [0.15, 0.2) is 0 Å². The molecule has 1 saturated heterocycles. The Kier molecular flexibility index (Phi) is 4.74. The molecule has 0 spiro atoms. The number of hydroxylamine groups is 2. The molecule has 5 nitrogen and oxygen atoms in total. The summed E-state index contributed by atoms with van der Waals surface area (Å²) in [4.78, 5) is 16.5. The molecule has 5 heteroatoms. The van der Waals surface area contributed by atoms with Crippen LogP contribution in [0.5, 0.6) is 0 Å². The van der Waals surface area contributed by atoms with E-state index in [4.69, 9.17) is 15.3 Å². The number of hydrogen-bond acceptors (Lipinski definition) is 4. The maximum Gasteiger partial charge on any atom is 0.272 e. The van der Waals surface area contributed by atoms with E-state index in [9.17, 15) is 4.79 Å².